The molecule has 1 aromatic heterocycles. The summed E-state index contributed by atoms with van der Waals surface area (Å²) in [7, 11) is 1.89. The predicted molar refractivity (Wildman–Crippen MR) is 68.8 cm³/mol. The van der Waals surface area contributed by atoms with E-state index in [1.54, 1.807) is 22.8 Å². The van der Waals surface area contributed by atoms with Gasteiger partial charge in [-0.15, -0.1) is 0 Å². The summed E-state index contributed by atoms with van der Waals surface area (Å²) in [6.45, 7) is 2.09. The van der Waals surface area contributed by atoms with Gasteiger partial charge in [0.1, 0.15) is 6.33 Å². The van der Waals surface area contributed by atoms with Gasteiger partial charge in [0.15, 0.2) is 5.16 Å². The van der Waals surface area contributed by atoms with Crippen molar-refractivity contribution in [3.8, 4) is 0 Å². The Morgan fingerprint density at radius 2 is 2.18 bits per heavy atom. The number of aryl methyl sites for hydroxylation is 1. The molecule has 0 aliphatic rings. The van der Waals surface area contributed by atoms with Crippen LogP contribution in [0.1, 0.15) is 24.9 Å². The normalized spacial score (nSPS) is 12.6. The number of nitrogens with two attached hydrogens (primary N) is 1. The van der Waals surface area contributed by atoms with E-state index in [1.807, 2.05) is 19.2 Å². The van der Waals surface area contributed by atoms with Gasteiger partial charge in [0.05, 0.1) is 0 Å². The first-order valence-electron chi connectivity index (χ1n) is 5.58. The Bertz CT molecular complexity index is 495. The zero-order valence-electron chi connectivity index (χ0n) is 10.00. The monoisotopic (exact) mass is 248 g/mol. The van der Waals surface area contributed by atoms with E-state index in [4.69, 9.17) is 5.73 Å². The van der Waals surface area contributed by atoms with E-state index in [1.165, 1.54) is 5.56 Å². The minimum Gasteiger partial charge on any atom is -0.324 e. The van der Waals surface area contributed by atoms with Crippen molar-refractivity contribution in [3.63, 3.8) is 0 Å². The Hall–Kier alpha value is -1.33. The maximum absolute atomic E-state index is 6.11. The lowest BCUT2D eigenvalue weighted by Crippen LogP contribution is -2.09. The molecule has 1 heterocycles. The standard InChI is InChI=1S/C12H16N4S/c1-3-10(13)9-6-4-5-7-11(9)17-12-14-8-15-16(12)2/h4-8,10H,3,13H2,1-2H3/t10-/m0/s1. The van der Waals surface area contributed by atoms with Gasteiger partial charge in [-0.05, 0) is 29.8 Å². The molecule has 0 saturated heterocycles. The van der Waals surface area contributed by atoms with Crippen LogP contribution in [0.5, 0.6) is 0 Å². The number of hydrogen-bond acceptors (Lipinski definition) is 4. The molecular formula is C12H16N4S. The van der Waals surface area contributed by atoms with Gasteiger partial charge in [-0.3, -0.25) is 0 Å². The summed E-state index contributed by atoms with van der Waals surface area (Å²) in [4.78, 5) is 5.36. The summed E-state index contributed by atoms with van der Waals surface area (Å²) in [5.41, 5.74) is 7.28. The van der Waals surface area contributed by atoms with Gasteiger partial charge in [-0.25, -0.2) is 9.67 Å². The van der Waals surface area contributed by atoms with Gasteiger partial charge in [-0.1, -0.05) is 25.1 Å². The van der Waals surface area contributed by atoms with Crippen molar-refractivity contribution in [2.24, 2.45) is 12.8 Å². The molecule has 0 aliphatic carbocycles. The fourth-order valence-corrected chi connectivity index (χ4v) is 2.54. The lowest BCUT2D eigenvalue weighted by atomic mass is 10.1. The molecular weight excluding hydrogens is 232 g/mol. The Balaban J connectivity index is 2.30. The Morgan fingerprint density at radius 1 is 1.41 bits per heavy atom. The Labute approximate surface area is 105 Å². The first-order chi connectivity index (χ1) is 8.22. The van der Waals surface area contributed by atoms with Crippen molar-refractivity contribution in [1.82, 2.24) is 14.8 Å². The molecule has 4 nitrogen and oxygen atoms in total. The quantitative estimate of drug-likeness (QED) is 0.902. The molecule has 0 spiro atoms. The minimum absolute atomic E-state index is 0.0759. The Kier molecular flexibility index (Phi) is 3.81. The highest BCUT2D eigenvalue weighted by Gasteiger charge is 2.11. The Morgan fingerprint density at radius 3 is 2.82 bits per heavy atom. The van der Waals surface area contributed by atoms with Crippen LogP contribution < -0.4 is 5.73 Å². The average Bonchev–Trinajstić information content (AvgIpc) is 2.75. The van der Waals surface area contributed by atoms with E-state index in [2.05, 4.69) is 29.1 Å². The second kappa shape index (κ2) is 5.33. The third-order valence-corrected chi connectivity index (χ3v) is 3.77. The van der Waals surface area contributed by atoms with Crippen molar-refractivity contribution >= 4 is 11.8 Å². The predicted octanol–water partition coefficient (Wildman–Crippen LogP) is 2.38. The SMILES string of the molecule is CC[C@H](N)c1ccccc1Sc1ncnn1C. The molecule has 0 bridgehead atoms. The van der Waals surface area contributed by atoms with Crippen LogP contribution in [0.15, 0.2) is 40.6 Å². The molecule has 90 valence electrons. The summed E-state index contributed by atoms with van der Waals surface area (Å²) in [6, 6.07) is 8.26. The summed E-state index contributed by atoms with van der Waals surface area (Å²) in [5.74, 6) is 0. The van der Waals surface area contributed by atoms with Crippen molar-refractivity contribution in [1.29, 1.82) is 0 Å². The summed E-state index contributed by atoms with van der Waals surface area (Å²) in [6.07, 6.45) is 2.49. The van der Waals surface area contributed by atoms with Crippen LogP contribution in [0.2, 0.25) is 0 Å². The van der Waals surface area contributed by atoms with E-state index in [0.29, 0.717) is 0 Å². The van der Waals surface area contributed by atoms with Crippen LogP contribution in [0.4, 0.5) is 0 Å². The summed E-state index contributed by atoms with van der Waals surface area (Å²) in [5, 5.41) is 4.94. The maximum atomic E-state index is 6.11. The van der Waals surface area contributed by atoms with Gasteiger partial charge < -0.3 is 5.73 Å². The van der Waals surface area contributed by atoms with E-state index in [9.17, 15) is 0 Å². The molecule has 0 unspecified atom stereocenters. The zero-order valence-corrected chi connectivity index (χ0v) is 10.8. The highest BCUT2D eigenvalue weighted by atomic mass is 32.2. The van der Waals surface area contributed by atoms with Crippen LogP contribution in [-0.4, -0.2) is 14.8 Å². The minimum atomic E-state index is 0.0759. The van der Waals surface area contributed by atoms with Gasteiger partial charge in [-0.2, -0.15) is 5.10 Å². The molecule has 0 saturated carbocycles. The molecule has 0 fully saturated rings. The van der Waals surface area contributed by atoms with Crippen molar-refractivity contribution in [3.05, 3.63) is 36.2 Å². The molecule has 5 heteroatoms. The maximum Gasteiger partial charge on any atom is 0.190 e. The van der Waals surface area contributed by atoms with E-state index < -0.39 is 0 Å². The summed E-state index contributed by atoms with van der Waals surface area (Å²) >= 11 is 1.60. The molecule has 2 rings (SSSR count). The first kappa shape index (κ1) is 12.1. The first-order valence-corrected chi connectivity index (χ1v) is 6.40. The van der Waals surface area contributed by atoms with E-state index >= 15 is 0 Å². The zero-order chi connectivity index (χ0) is 12.3. The molecule has 2 aromatic rings. The summed E-state index contributed by atoms with van der Waals surface area (Å²) < 4.78 is 1.76. The number of rotatable bonds is 4. The molecule has 17 heavy (non-hydrogen) atoms. The van der Waals surface area contributed by atoms with Crippen LogP contribution in [0.25, 0.3) is 0 Å². The smallest absolute Gasteiger partial charge is 0.190 e. The number of benzene rings is 1. The van der Waals surface area contributed by atoms with Gasteiger partial charge >= 0.3 is 0 Å². The van der Waals surface area contributed by atoms with Crippen LogP contribution in [0.3, 0.4) is 0 Å². The second-order valence-electron chi connectivity index (χ2n) is 3.82. The van der Waals surface area contributed by atoms with Gasteiger partial charge in [0.25, 0.3) is 0 Å². The fraction of sp³-hybridized carbons (Fsp3) is 0.333. The van der Waals surface area contributed by atoms with Crippen LogP contribution in [-0.2, 0) is 7.05 Å². The molecule has 2 N–H and O–H groups in total. The van der Waals surface area contributed by atoms with Gasteiger partial charge in [0.2, 0.25) is 0 Å². The lowest BCUT2D eigenvalue weighted by molar-refractivity contribution is 0.677. The second-order valence-corrected chi connectivity index (χ2v) is 4.83. The van der Waals surface area contributed by atoms with E-state index in [-0.39, 0.29) is 6.04 Å². The number of aromatic nitrogens is 3. The molecule has 0 amide bonds. The van der Waals surface area contributed by atoms with Crippen LogP contribution >= 0.6 is 11.8 Å². The van der Waals surface area contributed by atoms with Crippen molar-refractivity contribution in [2.45, 2.75) is 29.4 Å². The third kappa shape index (κ3) is 2.68. The lowest BCUT2D eigenvalue weighted by Gasteiger charge is -2.13. The number of hydrogen-bond donors (Lipinski definition) is 1. The van der Waals surface area contributed by atoms with Crippen LogP contribution in [0, 0.1) is 0 Å². The third-order valence-electron chi connectivity index (χ3n) is 2.63. The fourth-order valence-electron chi connectivity index (χ4n) is 1.58. The average molecular weight is 248 g/mol. The topological polar surface area (TPSA) is 56.7 Å². The molecule has 1 atom stereocenters. The highest BCUT2D eigenvalue weighted by molar-refractivity contribution is 7.99. The van der Waals surface area contributed by atoms with Crippen molar-refractivity contribution < 1.29 is 0 Å². The van der Waals surface area contributed by atoms with E-state index in [0.717, 1.165) is 16.5 Å². The molecule has 1 aromatic carbocycles. The van der Waals surface area contributed by atoms with Crippen molar-refractivity contribution in [2.75, 3.05) is 0 Å². The highest BCUT2D eigenvalue weighted by Crippen LogP contribution is 2.31. The largest absolute Gasteiger partial charge is 0.324 e. The van der Waals surface area contributed by atoms with Gasteiger partial charge in [0, 0.05) is 18.0 Å². The number of nitrogens with zero attached hydrogens (tertiary/aromatic N) is 3. The molecule has 0 radical (unpaired) electrons. The molecule has 0 aliphatic heterocycles.